The zero-order valence-corrected chi connectivity index (χ0v) is 26.5. The molecule has 39 heavy (non-hydrogen) atoms. The van der Waals surface area contributed by atoms with Crippen molar-refractivity contribution in [2.24, 2.45) is 57.2 Å². The molecular formula is C34H56O5. The first kappa shape index (κ1) is 30.6. The minimum Gasteiger partial charge on any atom is -0.462 e. The number of carbonyl (C=O) groups excluding carboxylic acids is 3. The van der Waals surface area contributed by atoms with Crippen LogP contribution in [0.1, 0.15) is 127 Å². The third-order valence-electron chi connectivity index (χ3n) is 12.9. The molecule has 4 fully saturated rings. The van der Waals surface area contributed by atoms with Crippen molar-refractivity contribution in [2.45, 2.75) is 139 Å². The molecule has 0 amide bonds. The van der Waals surface area contributed by atoms with Gasteiger partial charge in [-0.15, -0.1) is 0 Å². The summed E-state index contributed by atoms with van der Waals surface area (Å²) < 4.78 is 12.1. The van der Waals surface area contributed by atoms with E-state index in [1.807, 2.05) is 0 Å². The number of hydrogen-bond acceptors (Lipinski definition) is 5. The molecule has 222 valence electrons. The van der Waals surface area contributed by atoms with Crippen LogP contribution in [-0.4, -0.2) is 29.9 Å². The first-order valence-electron chi connectivity index (χ1n) is 15.9. The summed E-state index contributed by atoms with van der Waals surface area (Å²) in [7, 11) is 0. The van der Waals surface area contributed by atoms with Crippen molar-refractivity contribution in [1.29, 1.82) is 0 Å². The van der Waals surface area contributed by atoms with Crippen LogP contribution in [0.2, 0.25) is 0 Å². The van der Waals surface area contributed by atoms with E-state index in [0.29, 0.717) is 24.0 Å². The van der Waals surface area contributed by atoms with E-state index >= 15 is 0 Å². The molecule has 10 atom stereocenters. The average Bonchev–Trinajstić information content (AvgIpc) is 3.07. The first-order valence-corrected chi connectivity index (χ1v) is 15.9. The number of carbonyl (C=O) groups is 3. The third kappa shape index (κ3) is 4.90. The van der Waals surface area contributed by atoms with E-state index in [2.05, 4.69) is 55.4 Å². The van der Waals surface area contributed by atoms with E-state index in [1.165, 1.54) is 33.1 Å². The Balaban J connectivity index is 1.73. The molecule has 5 heteroatoms. The van der Waals surface area contributed by atoms with Crippen molar-refractivity contribution in [3.05, 3.63) is 0 Å². The van der Waals surface area contributed by atoms with Crippen molar-refractivity contribution in [1.82, 2.24) is 0 Å². The highest BCUT2D eigenvalue weighted by atomic mass is 16.5. The van der Waals surface area contributed by atoms with Gasteiger partial charge in [0.05, 0.1) is 0 Å². The van der Waals surface area contributed by atoms with Crippen LogP contribution in [0.15, 0.2) is 0 Å². The summed E-state index contributed by atoms with van der Waals surface area (Å²) in [5, 5.41) is 0. The summed E-state index contributed by atoms with van der Waals surface area (Å²) in [4.78, 5) is 39.0. The van der Waals surface area contributed by atoms with Crippen molar-refractivity contribution < 1.29 is 23.9 Å². The molecule has 0 aromatic carbocycles. The molecule has 0 spiro atoms. The molecule has 4 aliphatic carbocycles. The molecule has 4 aliphatic rings. The minimum atomic E-state index is -0.312. The normalized spacial score (nSPS) is 43.7. The van der Waals surface area contributed by atoms with Crippen LogP contribution >= 0.6 is 0 Å². The van der Waals surface area contributed by atoms with E-state index in [0.717, 1.165) is 38.0 Å². The van der Waals surface area contributed by atoms with Gasteiger partial charge in [0.2, 0.25) is 0 Å². The molecule has 0 bridgehead atoms. The number of hydrogen-bond donors (Lipinski definition) is 0. The quantitative estimate of drug-likeness (QED) is 0.306. The third-order valence-corrected chi connectivity index (χ3v) is 12.9. The first-order chi connectivity index (χ1) is 18.0. The van der Waals surface area contributed by atoms with Crippen molar-refractivity contribution >= 4 is 17.7 Å². The van der Waals surface area contributed by atoms with Gasteiger partial charge in [0.15, 0.2) is 0 Å². The smallest absolute Gasteiger partial charge is 0.302 e. The largest absolute Gasteiger partial charge is 0.462 e. The average molecular weight is 545 g/mol. The lowest BCUT2D eigenvalue weighted by molar-refractivity contribution is -0.236. The van der Waals surface area contributed by atoms with E-state index in [1.54, 1.807) is 0 Å². The van der Waals surface area contributed by atoms with E-state index in [4.69, 9.17) is 9.47 Å². The summed E-state index contributed by atoms with van der Waals surface area (Å²) >= 11 is 0. The van der Waals surface area contributed by atoms with E-state index < -0.39 is 0 Å². The molecule has 0 radical (unpaired) electrons. The van der Waals surface area contributed by atoms with Crippen LogP contribution in [0.4, 0.5) is 0 Å². The number of esters is 2. The Morgan fingerprint density at radius 1 is 0.897 bits per heavy atom. The Hall–Kier alpha value is -1.39. The topological polar surface area (TPSA) is 69.7 Å². The second-order valence-electron chi connectivity index (χ2n) is 15.8. The molecule has 4 saturated carbocycles. The Morgan fingerprint density at radius 3 is 2.13 bits per heavy atom. The molecule has 4 rings (SSSR count). The summed E-state index contributed by atoms with van der Waals surface area (Å²) in [6.45, 7) is 21.6. The van der Waals surface area contributed by atoms with Crippen LogP contribution in [0.5, 0.6) is 0 Å². The zero-order chi connectivity index (χ0) is 29.1. The molecule has 0 N–H and O–H groups in total. The van der Waals surface area contributed by atoms with Crippen LogP contribution in [0.3, 0.4) is 0 Å². The number of ketones is 1. The Kier molecular flexibility index (Phi) is 8.20. The highest BCUT2D eigenvalue weighted by molar-refractivity contribution is 5.85. The molecule has 5 nitrogen and oxygen atoms in total. The van der Waals surface area contributed by atoms with Gasteiger partial charge < -0.3 is 9.47 Å². The Bertz CT molecular complexity index is 969. The van der Waals surface area contributed by atoms with Crippen LogP contribution in [0, 0.1) is 57.2 Å². The predicted molar refractivity (Wildman–Crippen MR) is 154 cm³/mol. The van der Waals surface area contributed by atoms with Crippen molar-refractivity contribution in [3.8, 4) is 0 Å². The van der Waals surface area contributed by atoms with Gasteiger partial charge in [-0.3, -0.25) is 14.4 Å². The summed E-state index contributed by atoms with van der Waals surface area (Å²) in [6.07, 6.45) is 8.49. The fourth-order valence-corrected chi connectivity index (χ4v) is 10.9. The molecule has 0 aromatic heterocycles. The predicted octanol–water partition coefficient (Wildman–Crippen LogP) is 7.79. The van der Waals surface area contributed by atoms with Gasteiger partial charge >= 0.3 is 11.9 Å². The van der Waals surface area contributed by atoms with Crippen molar-refractivity contribution in [2.75, 3.05) is 0 Å². The zero-order valence-electron chi connectivity index (χ0n) is 26.5. The maximum Gasteiger partial charge on any atom is 0.302 e. The van der Waals surface area contributed by atoms with Gasteiger partial charge in [-0.1, -0.05) is 74.7 Å². The van der Waals surface area contributed by atoms with E-state index in [-0.39, 0.29) is 63.6 Å². The Morgan fingerprint density at radius 2 is 1.54 bits per heavy atom. The standard InChI is InChI=1S/C34H56O5/c1-20(2)12-11-13-21(3)24-14-17-33(9)30-26(38-22(4)35)18-27-31(6,7)28(39-23(5)36)15-16-32(27,8)29(30)25(37)19-34(24,33)10/h20-21,24,26-30H,11-19H2,1-10H3/t21-,24+,26-,27-,28+,29-,30-,32+,33-,34-/m1/s1. The fraction of sp³-hybridized carbons (Fsp3) is 0.912. The lowest BCUT2D eigenvalue weighted by Crippen LogP contribution is -2.68. The molecule has 0 aliphatic heterocycles. The van der Waals surface area contributed by atoms with Gasteiger partial charge in [0.1, 0.15) is 18.0 Å². The van der Waals surface area contributed by atoms with Crippen LogP contribution < -0.4 is 0 Å². The number of Topliss-reactive ketones (excluding diaryl/α,β-unsaturated/α-hetero) is 1. The summed E-state index contributed by atoms with van der Waals surface area (Å²) in [5.74, 6) is 1.71. The Labute approximate surface area is 237 Å². The molecule has 0 heterocycles. The molecular weight excluding hydrogens is 488 g/mol. The van der Waals surface area contributed by atoms with Crippen LogP contribution in [-0.2, 0) is 23.9 Å². The number of fused-ring (bicyclic) bond motifs is 5. The van der Waals surface area contributed by atoms with Gasteiger partial charge in [0.25, 0.3) is 0 Å². The van der Waals surface area contributed by atoms with Gasteiger partial charge in [-0.2, -0.15) is 0 Å². The second kappa shape index (κ2) is 10.5. The fourth-order valence-electron chi connectivity index (χ4n) is 10.9. The molecule has 0 unspecified atom stereocenters. The maximum atomic E-state index is 14.5. The molecule has 0 aromatic rings. The molecule has 0 saturated heterocycles. The van der Waals surface area contributed by atoms with Gasteiger partial charge in [-0.05, 0) is 72.0 Å². The lowest BCUT2D eigenvalue weighted by Gasteiger charge is -2.67. The van der Waals surface area contributed by atoms with Crippen LogP contribution in [0.25, 0.3) is 0 Å². The minimum absolute atomic E-state index is 0.0304. The summed E-state index contributed by atoms with van der Waals surface area (Å²) in [6, 6.07) is 0. The lowest BCUT2D eigenvalue weighted by atomic mass is 9.37. The second-order valence-corrected chi connectivity index (χ2v) is 15.8. The van der Waals surface area contributed by atoms with Gasteiger partial charge in [0, 0.05) is 37.5 Å². The summed E-state index contributed by atoms with van der Waals surface area (Å²) in [5.41, 5.74) is -0.668. The number of rotatable bonds is 7. The van der Waals surface area contributed by atoms with Gasteiger partial charge in [-0.25, -0.2) is 0 Å². The highest BCUT2D eigenvalue weighted by Crippen LogP contribution is 2.74. The van der Waals surface area contributed by atoms with Crippen molar-refractivity contribution in [3.63, 3.8) is 0 Å². The highest BCUT2D eigenvalue weighted by Gasteiger charge is 2.72. The number of ether oxygens (including phenoxy) is 2. The monoisotopic (exact) mass is 544 g/mol. The SMILES string of the molecule is CC(=O)O[C@H]1CC[C@]2(C)[C@@H]3C(=O)C[C@]4(C)[C@H]([C@H](C)CCCC(C)C)CC[C@]4(C)[C@@H]3[C@H](OC(C)=O)C[C@@H]2C1(C)C. The maximum absolute atomic E-state index is 14.5. The van der Waals surface area contributed by atoms with E-state index in [9.17, 15) is 14.4 Å².